The van der Waals surface area contributed by atoms with Crippen LogP contribution in [0, 0.1) is 18.3 Å². The van der Waals surface area contributed by atoms with Crippen molar-refractivity contribution in [2.24, 2.45) is 0 Å². The van der Waals surface area contributed by atoms with Crippen molar-refractivity contribution >= 4 is 34.0 Å². The summed E-state index contributed by atoms with van der Waals surface area (Å²) >= 11 is 7.90. The summed E-state index contributed by atoms with van der Waals surface area (Å²) in [5, 5.41) is 9.01. The smallest absolute Gasteiger partial charge is 0.128 e. The van der Waals surface area contributed by atoms with Crippen molar-refractivity contribution in [2.45, 2.75) is 25.8 Å². The lowest BCUT2D eigenvalue weighted by Gasteiger charge is -2.09. The summed E-state index contributed by atoms with van der Waals surface area (Å²) in [6, 6.07) is 7.82. The van der Waals surface area contributed by atoms with Crippen LogP contribution in [-0.2, 0) is 6.54 Å². The minimum Gasteiger partial charge on any atom is -0.321 e. The van der Waals surface area contributed by atoms with Crippen molar-refractivity contribution in [3.63, 3.8) is 0 Å². The Balaban J connectivity index is 2.22. The minimum atomic E-state index is -0.225. The van der Waals surface area contributed by atoms with Gasteiger partial charge in [-0.15, -0.1) is 22.9 Å². The Hall–Kier alpha value is -1.90. The zero-order valence-corrected chi connectivity index (χ0v) is 13.2. The number of aromatic nitrogens is 3. The van der Waals surface area contributed by atoms with E-state index in [0.717, 1.165) is 17.0 Å². The van der Waals surface area contributed by atoms with Crippen LogP contribution in [0.4, 0.5) is 0 Å². The number of nitriles is 1. The molecule has 0 bridgehead atoms. The summed E-state index contributed by atoms with van der Waals surface area (Å²) in [4.78, 5) is 10.0. The van der Waals surface area contributed by atoms with Gasteiger partial charge in [0.15, 0.2) is 0 Å². The molecular weight excluding hydrogens is 304 g/mol. The number of benzene rings is 1. The lowest BCUT2D eigenvalue weighted by Crippen LogP contribution is -2.05. The molecule has 0 spiro atoms. The molecule has 0 N–H and O–H groups in total. The first-order valence-corrected chi connectivity index (χ1v) is 7.85. The molecular formula is C15H13ClN4S. The van der Waals surface area contributed by atoms with E-state index in [2.05, 4.69) is 20.6 Å². The van der Waals surface area contributed by atoms with Gasteiger partial charge in [-0.3, -0.25) is 0 Å². The van der Waals surface area contributed by atoms with Crippen molar-refractivity contribution in [1.29, 1.82) is 5.26 Å². The Labute approximate surface area is 131 Å². The molecule has 0 aliphatic heterocycles. The Morgan fingerprint density at radius 2 is 2.29 bits per heavy atom. The molecule has 2 heterocycles. The average molecular weight is 317 g/mol. The third-order valence-electron chi connectivity index (χ3n) is 3.43. The van der Waals surface area contributed by atoms with E-state index in [1.165, 1.54) is 4.88 Å². The number of hydrogen-bond acceptors (Lipinski definition) is 4. The number of aryl methyl sites for hydroxylation is 1. The van der Waals surface area contributed by atoms with Crippen LogP contribution in [0.15, 0.2) is 23.7 Å². The van der Waals surface area contributed by atoms with Crippen LogP contribution in [0.5, 0.6) is 0 Å². The van der Waals surface area contributed by atoms with Crippen LogP contribution >= 0.6 is 22.9 Å². The van der Waals surface area contributed by atoms with E-state index in [1.54, 1.807) is 17.4 Å². The van der Waals surface area contributed by atoms with Crippen LogP contribution in [0.1, 0.15) is 34.3 Å². The lowest BCUT2D eigenvalue weighted by molar-refractivity contribution is 0.746. The number of rotatable bonds is 3. The first-order valence-electron chi connectivity index (χ1n) is 6.54. The average Bonchev–Trinajstić information content (AvgIpc) is 3.04. The van der Waals surface area contributed by atoms with Crippen molar-refractivity contribution in [3.8, 4) is 6.07 Å². The van der Waals surface area contributed by atoms with E-state index < -0.39 is 0 Å². The number of para-hydroxylation sites is 1. The number of imidazole rings is 1. The summed E-state index contributed by atoms with van der Waals surface area (Å²) in [5.41, 5.74) is 5.08. The molecule has 0 saturated heterocycles. The van der Waals surface area contributed by atoms with Gasteiger partial charge in [-0.25, -0.2) is 9.97 Å². The summed E-state index contributed by atoms with van der Waals surface area (Å²) in [6.07, 6.45) is 0. The van der Waals surface area contributed by atoms with Gasteiger partial charge in [0, 0.05) is 4.88 Å². The largest absolute Gasteiger partial charge is 0.321 e. The third-order valence-corrected chi connectivity index (χ3v) is 4.55. The van der Waals surface area contributed by atoms with Crippen molar-refractivity contribution in [3.05, 3.63) is 45.7 Å². The normalized spacial score (nSPS) is 12.5. The second-order valence-corrected chi connectivity index (χ2v) is 6.41. The zero-order valence-electron chi connectivity index (χ0n) is 11.7. The quantitative estimate of drug-likeness (QED) is 0.686. The number of thiazole rings is 1. The van der Waals surface area contributed by atoms with Crippen LogP contribution in [0.25, 0.3) is 11.0 Å². The highest BCUT2D eigenvalue weighted by Gasteiger charge is 2.18. The van der Waals surface area contributed by atoms with Crippen molar-refractivity contribution < 1.29 is 0 Å². The van der Waals surface area contributed by atoms with Crippen molar-refractivity contribution in [2.75, 3.05) is 0 Å². The van der Waals surface area contributed by atoms with E-state index >= 15 is 0 Å². The van der Waals surface area contributed by atoms with E-state index in [0.29, 0.717) is 17.6 Å². The van der Waals surface area contributed by atoms with Crippen LogP contribution in [0.2, 0.25) is 0 Å². The first-order chi connectivity index (χ1) is 10.1. The van der Waals surface area contributed by atoms with Gasteiger partial charge in [0.2, 0.25) is 0 Å². The molecule has 3 rings (SSSR count). The highest BCUT2D eigenvalue weighted by molar-refractivity contribution is 7.09. The Bertz CT molecular complexity index is 841. The SMILES string of the molecule is Cc1ncsc1Cn1c(C(C)Cl)nc2c(C#N)cccc21. The zero-order chi connectivity index (χ0) is 15.0. The molecule has 1 aromatic carbocycles. The maximum Gasteiger partial charge on any atom is 0.128 e. The third kappa shape index (κ3) is 2.41. The molecule has 1 unspecified atom stereocenters. The number of nitrogens with zero attached hydrogens (tertiary/aromatic N) is 4. The standard InChI is InChI=1S/C15H13ClN4S/c1-9(16)15-19-14-11(6-17)4-3-5-12(14)20(15)7-13-10(2)18-8-21-13/h3-5,8-9H,7H2,1-2H3. The van der Waals surface area contributed by atoms with Crippen LogP contribution in [0.3, 0.4) is 0 Å². The fourth-order valence-electron chi connectivity index (χ4n) is 2.35. The molecule has 2 aromatic heterocycles. The highest BCUT2D eigenvalue weighted by atomic mass is 35.5. The van der Waals surface area contributed by atoms with Gasteiger partial charge in [0.25, 0.3) is 0 Å². The highest BCUT2D eigenvalue weighted by Crippen LogP contribution is 2.28. The molecule has 6 heteroatoms. The Kier molecular flexibility index (Phi) is 3.66. The summed E-state index contributed by atoms with van der Waals surface area (Å²) in [7, 11) is 0. The van der Waals surface area contributed by atoms with Gasteiger partial charge in [0.1, 0.15) is 17.4 Å². The topological polar surface area (TPSA) is 54.5 Å². The van der Waals surface area contributed by atoms with Gasteiger partial charge in [0.05, 0.1) is 34.2 Å². The van der Waals surface area contributed by atoms with Gasteiger partial charge >= 0.3 is 0 Å². The van der Waals surface area contributed by atoms with Crippen LogP contribution < -0.4 is 0 Å². The summed E-state index contributed by atoms with van der Waals surface area (Å²) in [5.74, 6) is 0.780. The molecule has 21 heavy (non-hydrogen) atoms. The molecule has 3 aromatic rings. The molecule has 0 radical (unpaired) electrons. The maximum atomic E-state index is 9.23. The molecule has 0 amide bonds. The number of alkyl halides is 1. The Morgan fingerprint density at radius 3 is 2.90 bits per heavy atom. The molecule has 4 nitrogen and oxygen atoms in total. The predicted octanol–water partition coefficient (Wildman–Crippen LogP) is 4.02. The lowest BCUT2D eigenvalue weighted by atomic mass is 10.2. The number of halogens is 1. The predicted molar refractivity (Wildman–Crippen MR) is 84.7 cm³/mol. The van der Waals surface area contributed by atoms with Gasteiger partial charge in [-0.2, -0.15) is 5.26 Å². The summed E-state index contributed by atoms with van der Waals surface area (Å²) < 4.78 is 2.08. The monoisotopic (exact) mass is 316 g/mol. The second-order valence-electron chi connectivity index (χ2n) is 4.82. The summed E-state index contributed by atoms with van der Waals surface area (Å²) in [6.45, 7) is 4.56. The van der Waals surface area contributed by atoms with E-state index in [4.69, 9.17) is 11.6 Å². The van der Waals surface area contributed by atoms with E-state index in [9.17, 15) is 5.26 Å². The number of hydrogen-bond donors (Lipinski definition) is 0. The van der Waals surface area contributed by atoms with Gasteiger partial charge in [-0.05, 0) is 26.0 Å². The molecule has 0 saturated carbocycles. The molecule has 1 atom stereocenters. The van der Waals surface area contributed by atoms with Crippen LogP contribution in [-0.4, -0.2) is 14.5 Å². The van der Waals surface area contributed by atoms with Gasteiger partial charge < -0.3 is 4.57 Å². The fraction of sp³-hybridized carbons (Fsp3) is 0.267. The number of fused-ring (bicyclic) bond motifs is 1. The van der Waals surface area contributed by atoms with E-state index in [-0.39, 0.29) is 5.38 Å². The van der Waals surface area contributed by atoms with Crippen molar-refractivity contribution in [1.82, 2.24) is 14.5 Å². The Morgan fingerprint density at radius 1 is 1.48 bits per heavy atom. The molecule has 0 aliphatic rings. The maximum absolute atomic E-state index is 9.23. The molecule has 0 fully saturated rings. The molecule has 0 aliphatic carbocycles. The second kappa shape index (κ2) is 5.47. The first kappa shape index (κ1) is 14.1. The minimum absolute atomic E-state index is 0.225. The van der Waals surface area contributed by atoms with Gasteiger partial charge in [-0.1, -0.05) is 6.07 Å². The van der Waals surface area contributed by atoms with E-state index in [1.807, 2.05) is 31.5 Å². The fourth-order valence-corrected chi connectivity index (χ4v) is 3.28. The molecule has 106 valence electrons.